The van der Waals surface area contributed by atoms with Crippen molar-refractivity contribution in [1.29, 1.82) is 0 Å². The van der Waals surface area contributed by atoms with Gasteiger partial charge in [-0.2, -0.15) is 18.2 Å². The minimum absolute atomic E-state index is 0.0466. The Hall–Kier alpha value is -1.50. The van der Waals surface area contributed by atoms with Gasteiger partial charge in [-0.3, -0.25) is 0 Å². The third kappa shape index (κ3) is 3.73. The van der Waals surface area contributed by atoms with E-state index in [2.05, 4.69) is 10.3 Å². The molecule has 0 radical (unpaired) electrons. The third-order valence-corrected chi connectivity index (χ3v) is 2.83. The standard InChI is InChI=1S/C12H15F3N2O2/c1-16-10-5-8(12(13,14)15)6-11(17-10)19-7-9-3-2-4-18-9/h5-6,9H,2-4,7H2,1H3,(H,16,17). The van der Waals surface area contributed by atoms with Gasteiger partial charge in [0.1, 0.15) is 12.4 Å². The molecule has 1 saturated heterocycles. The van der Waals surface area contributed by atoms with E-state index in [-0.39, 0.29) is 24.4 Å². The van der Waals surface area contributed by atoms with Gasteiger partial charge >= 0.3 is 6.18 Å². The molecule has 1 atom stereocenters. The van der Waals surface area contributed by atoms with Crippen LogP contribution in [0, 0.1) is 0 Å². The van der Waals surface area contributed by atoms with Gasteiger partial charge in [0.05, 0.1) is 11.7 Å². The predicted molar refractivity (Wildman–Crippen MR) is 63.3 cm³/mol. The molecule has 1 unspecified atom stereocenters. The summed E-state index contributed by atoms with van der Waals surface area (Å²) in [5.41, 5.74) is -0.783. The van der Waals surface area contributed by atoms with Gasteiger partial charge in [-0.25, -0.2) is 0 Å². The van der Waals surface area contributed by atoms with E-state index in [1.54, 1.807) is 0 Å². The van der Waals surface area contributed by atoms with Crippen molar-refractivity contribution in [1.82, 2.24) is 4.98 Å². The van der Waals surface area contributed by atoms with Gasteiger partial charge in [-0.05, 0) is 18.9 Å². The molecule has 1 aromatic rings. The van der Waals surface area contributed by atoms with E-state index in [1.165, 1.54) is 7.05 Å². The fraction of sp³-hybridized carbons (Fsp3) is 0.583. The second-order valence-electron chi connectivity index (χ2n) is 4.27. The first-order valence-electron chi connectivity index (χ1n) is 6.00. The molecule has 2 rings (SSSR count). The molecule has 4 nitrogen and oxygen atoms in total. The van der Waals surface area contributed by atoms with Crippen molar-refractivity contribution in [2.75, 3.05) is 25.6 Å². The summed E-state index contributed by atoms with van der Waals surface area (Å²) in [7, 11) is 1.51. The minimum atomic E-state index is -4.42. The first-order valence-corrected chi connectivity index (χ1v) is 6.00. The average Bonchev–Trinajstić information content (AvgIpc) is 2.88. The number of ether oxygens (including phenoxy) is 2. The summed E-state index contributed by atoms with van der Waals surface area (Å²) >= 11 is 0. The van der Waals surface area contributed by atoms with E-state index in [0.29, 0.717) is 6.61 Å². The first kappa shape index (κ1) is 13.9. The Kier molecular flexibility index (Phi) is 4.14. The number of nitrogens with zero attached hydrogens (tertiary/aromatic N) is 1. The maximum Gasteiger partial charge on any atom is 0.416 e. The summed E-state index contributed by atoms with van der Waals surface area (Å²) in [4.78, 5) is 3.94. The molecule has 0 spiro atoms. The van der Waals surface area contributed by atoms with Crippen LogP contribution < -0.4 is 10.1 Å². The van der Waals surface area contributed by atoms with Crippen LogP contribution in [0.5, 0.6) is 5.88 Å². The van der Waals surface area contributed by atoms with E-state index >= 15 is 0 Å². The van der Waals surface area contributed by atoms with Crippen molar-refractivity contribution < 1.29 is 22.6 Å². The molecule has 7 heteroatoms. The van der Waals surface area contributed by atoms with Crippen LogP contribution >= 0.6 is 0 Å². The van der Waals surface area contributed by atoms with Gasteiger partial charge in [-0.1, -0.05) is 0 Å². The molecular formula is C12H15F3N2O2. The van der Waals surface area contributed by atoms with Crippen molar-refractivity contribution in [3.8, 4) is 5.88 Å². The van der Waals surface area contributed by atoms with Crippen LogP contribution in [0.25, 0.3) is 0 Å². The van der Waals surface area contributed by atoms with Crippen molar-refractivity contribution in [2.24, 2.45) is 0 Å². The minimum Gasteiger partial charge on any atom is -0.475 e. The van der Waals surface area contributed by atoms with Crippen LogP contribution in [-0.2, 0) is 10.9 Å². The zero-order valence-electron chi connectivity index (χ0n) is 10.5. The third-order valence-electron chi connectivity index (χ3n) is 2.83. The maximum absolute atomic E-state index is 12.7. The van der Waals surface area contributed by atoms with E-state index in [1.807, 2.05) is 0 Å². The zero-order chi connectivity index (χ0) is 13.9. The fourth-order valence-electron chi connectivity index (χ4n) is 1.83. The Bertz CT molecular complexity index is 431. The van der Waals surface area contributed by atoms with Gasteiger partial charge in [0.15, 0.2) is 0 Å². The highest BCUT2D eigenvalue weighted by Gasteiger charge is 2.32. The van der Waals surface area contributed by atoms with Gasteiger partial charge in [0.2, 0.25) is 5.88 Å². The van der Waals surface area contributed by atoms with Crippen molar-refractivity contribution in [3.05, 3.63) is 17.7 Å². The van der Waals surface area contributed by atoms with Crippen molar-refractivity contribution >= 4 is 5.82 Å². The highest BCUT2D eigenvalue weighted by Crippen LogP contribution is 2.32. The molecule has 0 bridgehead atoms. The monoisotopic (exact) mass is 276 g/mol. The van der Waals surface area contributed by atoms with E-state index in [0.717, 1.165) is 25.0 Å². The van der Waals surface area contributed by atoms with Gasteiger partial charge < -0.3 is 14.8 Å². The number of anilines is 1. The van der Waals surface area contributed by atoms with Crippen molar-refractivity contribution in [2.45, 2.75) is 25.1 Å². The summed E-state index contributed by atoms with van der Waals surface area (Å²) in [6, 6.07) is 1.84. The van der Waals surface area contributed by atoms with E-state index in [4.69, 9.17) is 9.47 Å². The largest absolute Gasteiger partial charge is 0.475 e. The summed E-state index contributed by atoms with van der Waals surface area (Å²) in [6.45, 7) is 0.892. The highest BCUT2D eigenvalue weighted by molar-refractivity contribution is 5.42. The van der Waals surface area contributed by atoms with Crippen LogP contribution in [0.1, 0.15) is 18.4 Å². The Morgan fingerprint density at radius 3 is 2.84 bits per heavy atom. The van der Waals surface area contributed by atoms with Crippen LogP contribution in [-0.4, -0.2) is 31.3 Å². The zero-order valence-corrected chi connectivity index (χ0v) is 10.5. The molecule has 1 aliphatic heterocycles. The normalized spacial score (nSPS) is 19.5. The van der Waals surface area contributed by atoms with Crippen LogP contribution in [0.15, 0.2) is 12.1 Å². The number of pyridine rings is 1. The molecule has 106 valence electrons. The lowest BCUT2D eigenvalue weighted by Crippen LogP contribution is -2.17. The van der Waals surface area contributed by atoms with E-state index < -0.39 is 11.7 Å². The molecule has 1 aliphatic rings. The second kappa shape index (κ2) is 5.64. The van der Waals surface area contributed by atoms with E-state index in [9.17, 15) is 13.2 Å². The summed E-state index contributed by atoms with van der Waals surface area (Å²) in [6.07, 6.45) is -2.67. The van der Waals surface area contributed by atoms with Crippen molar-refractivity contribution in [3.63, 3.8) is 0 Å². The summed E-state index contributed by atoms with van der Waals surface area (Å²) in [5, 5.41) is 2.59. The molecule has 0 saturated carbocycles. The molecule has 1 N–H and O–H groups in total. The molecule has 1 fully saturated rings. The molecule has 0 aromatic carbocycles. The summed E-state index contributed by atoms with van der Waals surface area (Å²) < 4.78 is 48.7. The lowest BCUT2D eigenvalue weighted by Gasteiger charge is -2.14. The predicted octanol–water partition coefficient (Wildman–Crippen LogP) is 2.70. The first-order chi connectivity index (χ1) is 8.99. The quantitative estimate of drug-likeness (QED) is 0.918. The molecule has 0 amide bonds. The number of halogens is 3. The number of alkyl halides is 3. The number of aromatic nitrogens is 1. The Labute approximate surface area is 108 Å². The molecule has 0 aliphatic carbocycles. The topological polar surface area (TPSA) is 43.4 Å². The smallest absolute Gasteiger partial charge is 0.416 e. The molecule has 19 heavy (non-hydrogen) atoms. The fourth-order valence-corrected chi connectivity index (χ4v) is 1.83. The number of hydrogen-bond acceptors (Lipinski definition) is 4. The lowest BCUT2D eigenvalue weighted by atomic mass is 10.2. The maximum atomic E-state index is 12.7. The lowest BCUT2D eigenvalue weighted by molar-refractivity contribution is -0.137. The van der Waals surface area contributed by atoms with Gasteiger partial charge in [0, 0.05) is 19.7 Å². The Morgan fingerprint density at radius 1 is 1.47 bits per heavy atom. The van der Waals surface area contributed by atoms with Crippen LogP contribution in [0.4, 0.5) is 19.0 Å². The molecule has 2 heterocycles. The molecular weight excluding hydrogens is 261 g/mol. The van der Waals surface area contributed by atoms with Gasteiger partial charge in [0.25, 0.3) is 0 Å². The molecule has 1 aromatic heterocycles. The SMILES string of the molecule is CNc1cc(C(F)(F)F)cc(OCC2CCCO2)n1. The van der Waals surface area contributed by atoms with Crippen LogP contribution in [0.2, 0.25) is 0 Å². The number of hydrogen-bond donors (Lipinski definition) is 1. The van der Waals surface area contributed by atoms with Gasteiger partial charge in [-0.15, -0.1) is 0 Å². The Morgan fingerprint density at radius 2 is 2.26 bits per heavy atom. The summed E-state index contributed by atoms with van der Waals surface area (Å²) in [5.74, 6) is 0.0758. The number of rotatable bonds is 4. The van der Waals surface area contributed by atoms with Crippen LogP contribution in [0.3, 0.4) is 0 Å². The number of nitrogens with one attached hydrogen (secondary N) is 1. The average molecular weight is 276 g/mol. The highest BCUT2D eigenvalue weighted by atomic mass is 19.4. The second-order valence-corrected chi connectivity index (χ2v) is 4.27. The Balaban J connectivity index is 2.10.